The molecular weight excluding hydrogens is 277 g/mol. The first kappa shape index (κ1) is 19.9. The van der Waals surface area contributed by atoms with E-state index in [1.165, 1.54) is 57.8 Å². The average molecular weight is 305 g/mol. The van der Waals surface area contributed by atoms with Gasteiger partial charge in [0.2, 0.25) is 5.41 Å². The SMILES string of the molecule is CCCCCCCCCCCCPCC(C#N)(C#N)C#N. The van der Waals surface area contributed by atoms with E-state index in [1.54, 1.807) is 0 Å². The predicted molar refractivity (Wildman–Crippen MR) is 89.2 cm³/mol. The number of nitrogens with zero attached hydrogens (tertiary/aromatic N) is 3. The predicted octanol–water partition coefficient (Wildman–Crippen LogP) is 5.14. The molecule has 4 heteroatoms. The quantitative estimate of drug-likeness (QED) is 0.349. The number of hydrogen-bond donors (Lipinski definition) is 0. The Morgan fingerprint density at radius 1 is 0.714 bits per heavy atom. The van der Waals surface area contributed by atoms with E-state index in [9.17, 15) is 0 Å². The van der Waals surface area contributed by atoms with Crippen LogP contribution in [-0.2, 0) is 0 Å². The molecule has 0 aliphatic rings. The second-order valence-electron chi connectivity index (χ2n) is 5.60. The van der Waals surface area contributed by atoms with Gasteiger partial charge in [0.05, 0.1) is 0 Å². The molecule has 0 heterocycles. The fraction of sp³-hybridized carbons (Fsp3) is 0.824. The molecule has 0 aliphatic heterocycles. The van der Waals surface area contributed by atoms with Gasteiger partial charge in [-0.3, -0.25) is 0 Å². The van der Waals surface area contributed by atoms with Crippen LogP contribution in [0.4, 0.5) is 0 Å². The van der Waals surface area contributed by atoms with Gasteiger partial charge >= 0.3 is 0 Å². The average Bonchev–Trinajstić information content (AvgIpc) is 2.53. The van der Waals surface area contributed by atoms with Crippen LogP contribution in [0, 0.1) is 39.4 Å². The smallest absolute Gasteiger partial charge is 0.195 e. The number of unbranched alkanes of at least 4 members (excludes halogenated alkanes) is 9. The maximum atomic E-state index is 8.86. The lowest BCUT2D eigenvalue weighted by Gasteiger charge is -2.08. The monoisotopic (exact) mass is 305 g/mol. The first-order chi connectivity index (χ1) is 10.2. The minimum Gasteiger partial charge on any atom is -0.195 e. The highest BCUT2D eigenvalue weighted by molar-refractivity contribution is 7.38. The van der Waals surface area contributed by atoms with Crippen LogP contribution in [0.2, 0.25) is 0 Å². The standard InChI is InChI=1S/C17H28N3P/c1-2-3-4-5-6-7-8-9-10-11-12-21-16-17(13-18,14-19)15-20/h21H,2-12,16H2,1H3. The molecule has 0 radical (unpaired) electrons. The van der Waals surface area contributed by atoms with E-state index in [0.717, 1.165) is 12.6 Å². The van der Waals surface area contributed by atoms with Crippen molar-refractivity contribution in [1.82, 2.24) is 0 Å². The number of rotatable bonds is 13. The van der Waals surface area contributed by atoms with Crippen molar-refractivity contribution < 1.29 is 0 Å². The lowest BCUT2D eigenvalue weighted by atomic mass is 9.97. The van der Waals surface area contributed by atoms with Crippen molar-refractivity contribution in [2.45, 2.75) is 71.1 Å². The molecular formula is C17H28N3P. The summed E-state index contributed by atoms with van der Waals surface area (Å²) < 4.78 is 0. The lowest BCUT2D eigenvalue weighted by Crippen LogP contribution is -2.15. The molecule has 1 atom stereocenters. The van der Waals surface area contributed by atoms with Gasteiger partial charge in [-0.1, -0.05) is 64.7 Å². The minimum absolute atomic E-state index is 0.411. The Labute approximate surface area is 132 Å². The summed E-state index contributed by atoms with van der Waals surface area (Å²) in [6.45, 7) is 2.24. The second-order valence-corrected chi connectivity index (χ2v) is 6.95. The molecule has 0 amide bonds. The Kier molecular flexibility index (Phi) is 13.1. The van der Waals surface area contributed by atoms with Gasteiger partial charge in [0.1, 0.15) is 18.2 Å². The van der Waals surface area contributed by atoms with Crippen LogP contribution in [0.25, 0.3) is 0 Å². The molecule has 116 valence electrons. The molecule has 0 fully saturated rings. The van der Waals surface area contributed by atoms with E-state index < -0.39 is 5.41 Å². The first-order valence-corrected chi connectivity index (χ1v) is 9.60. The highest BCUT2D eigenvalue weighted by Gasteiger charge is 2.28. The Morgan fingerprint density at radius 2 is 1.14 bits per heavy atom. The van der Waals surface area contributed by atoms with Gasteiger partial charge in [0.15, 0.2) is 0 Å². The van der Waals surface area contributed by atoms with Crippen molar-refractivity contribution in [3.05, 3.63) is 0 Å². The molecule has 0 aromatic rings. The van der Waals surface area contributed by atoms with Gasteiger partial charge in [0.25, 0.3) is 0 Å². The van der Waals surface area contributed by atoms with Crippen LogP contribution in [0.3, 0.4) is 0 Å². The summed E-state index contributed by atoms with van der Waals surface area (Å²) in [6.07, 6.45) is 14.6. The van der Waals surface area contributed by atoms with Gasteiger partial charge in [-0.15, -0.1) is 8.58 Å². The molecule has 0 aromatic heterocycles. The molecule has 0 aromatic carbocycles. The highest BCUT2D eigenvalue weighted by Crippen LogP contribution is 2.26. The zero-order valence-electron chi connectivity index (χ0n) is 13.3. The third-order valence-corrected chi connectivity index (χ3v) is 5.16. The van der Waals surface area contributed by atoms with Gasteiger partial charge in [0, 0.05) is 6.16 Å². The van der Waals surface area contributed by atoms with E-state index >= 15 is 0 Å². The molecule has 0 N–H and O–H groups in total. The Morgan fingerprint density at radius 3 is 1.57 bits per heavy atom. The third kappa shape index (κ3) is 10.3. The summed E-state index contributed by atoms with van der Waals surface area (Å²) in [4.78, 5) is 0. The summed E-state index contributed by atoms with van der Waals surface area (Å²) in [5, 5.41) is 26.6. The number of nitriles is 3. The van der Waals surface area contributed by atoms with Crippen LogP contribution in [0.5, 0.6) is 0 Å². The van der Waals surface area contributed by atoms with Crippen molar-refractivity contribution in [2.75, 3.05) is 12.3 Å². The summed E-state index contributed by atoms with van der Waals surface area (Å²) in [5.41, 5.74) is -1.41. The molecule has 0 saturated carbocycles. The summed E-state index contributed by atoms with van der Waals surface area (Å²) in [5.74, 6) is 0. The Bertz CT molecular complexity index is 337. The summed E-state index contributed by atoms with van der Waals surface area (Å²) >= 11 is 0. The Balaban J connectivity index is 3.37. The second kappa shape index (κ2) is 13.9. The van der Waals surface area contributed by atoms with Gasteiger partial charge in [-0.2, -0.15) is 15.8 Å². The first-order valence-electron chi connectivity index (χ1n) is 8.19. The van der Waals surface area contributed by atoms with Crippen LogP contribution in [0.1, 0.15) is 71.1 Å². The highest BCUT2D eigenvalue weighted by atomic mass is 31.1. The van der Waals surface area contributed by atoms with E-state index in [-0.39, 0.29) is 0 Å². The third-order valence-electron chi connectivity index (χ3n) is 3.67. The van der Waals surface area contributed by atoms with Crippen molar-refractivity contribution >= 4 is 8.58 Å². The van der Waals surface area contributed by atoms with Crippen LogP contribution in [0.15, 0.2) is 0 Å². The van der Waals surface area contributed by atoms with E-state index in [1.807, 2.05) is 18.2 Å². The van der Waals surface area contributed by atoms with Crippen molar-refractivity contribution in [2.24, 2.45) is 5.41 Å². The van der Waals surface area contributed by atoms with Gasteiger partial charge in [-0.05, 0) is 12.6 Å². The molecule has 3 nitrogen and oxygen atoms in total. The maximum Gasteiger partial charge on any atom is 0.232 e. The Hall–Kier alpha value is -1.10. The molecule has 0 spiro atoms. The van der Waals surface area contributed by atoms with E-state index in [2.05, 4.69) is 6.92 Å². The van der Waals surface area contributed by atoms with Crippen molar-refractivity contribution in [1.29, 1.82) is 15.8 Å². The zero-order valence-corrected chi connectivity index (χ0v) is 14.3. The van der Waals surface area contributed by atoms with E-state index in [0.29, 0.717) is 14.7 Å². The minimum atomic E-state index is -1.41. The molecule has 21 heavy (non-hydrogen) atoms. The summed E-state index contributed by atoms with van der Waals surface area (Å²) in [6, 6.07) is 5.52. The van der Waals surface area contributed by atoms with Crippen LogP contribution < -0.4 is 0 Å². The van der Waals surface area contributed by atoms with Crippen LogP contribution >= 0.6 is 8.58 Å². The van der Waals surface area contributed by atoms with Gasteiger partial charge < -0.3 is 0 Å². The fourth-order valence-electron chi connectivity index (χ4n) is 2.21. The molecule has 0 saturated heterocycles. The summed E-state index contributed by atoms with van der Waals surface area (Å²) in [7, 11) is 0.548. The zero-order chi connectivity index (χ0) is 15.8. The van der Waals surface area contributed by atoms with Crippen molar-refractivity contribution in [3.8, 4) is 18.2 Å². The van der Waals surface area contributed by atoms with Crippen LogP contribution in [-0.4, -0.2) is 12.3 Å². The molecule has 0 rings (SSSR count). The normalized spacial score (nSPS) is 11.1. The van der Waals surface area contributed by atoms with Crippen molar-refractivity contribution in [3.63, 3.8) is 0 Å². The number of hydrogen-bond acceptors (Lipinski definition) is 3. The fourth-order valence-corrected chi connectivity index (χ4v) is 3.50. The topological polar surface area (TPSA) is 71.4 Å². The molecule has 0 aliphatic carbocycles. The largest absolute Gasteiger partial charge is 0.232 e. The molecule has 0 bridgehead atoms. The lowest BCUT2D eigenvalue weighted by molar-refractivity contribution is 0.563. The molecule has 1 unspecified atom stereocenters. The maximum absolute atomic E-state index is 8.86. The van der Waals surface area contributed by atoms with E-state index in [4.69, 9.17) is 15.8 Å². The van der Waals surface area contributed by atoms with Gasteiger partial charge in [-0.25, -0.2) is 0 Å².